The third-order valence-electron chi connectivity index (χ3n) is 6.61. The zero-order valence-electron chi connectivity index (χ0n) is 19.0. The number of hydrogen-bond donors (Lipinski definition) is 2. The summed E-state index contributed by atoms with van der Waals surface area (Å²) in [5, 5.41) is 19.1. The number of aryl methyl sites for hydroxylation is 1. The van der Waals surface area contributed by atoms with Crippen molar-refractivity contribution in [2.75, 3.05) is 0 Å². The molecule has 2 N–H and O–H groups in total. The summed E-state index contributed by atoms with van der Waals surface area (Å²) >= 11 is 1.66. The minimum Gasteiger partial charge on any atom is -0.507 e. The van der Waals surface area contributed by atoms with Gasteiger partial charge < -0.3 is 14.9 Å². The van der Waals surface area contributed by atoms with Crippen LogP contribution in [0.25, 0.3) is 11.1 Å². The Balaban J connectivity index is 1.44. The molecule has 33 heavy (non-hydrogen) atoms. The van der Waals surface area contributed by atoms with Crippen molar-refractivity contribution < 1.29 is 19.7 Å². The second-order valence-corrected chi connectivity index (χ2v) is 9.89. The third-order valence-corrected chi connectivity index (χ3v) is 7.48. The average Bonchev–Trinajstić information content (AvgIpc) is 3.35. The first kappa shape index (κ1) is 23.5. The number of nitrogens with zero attached hydrogens (tertiary/aromatic N) is 1. The Labute approximate surface area is 199 Å². The lowest BCUT2D eigenvalue weighted by molar-refractivity contribution is 0.0306. The van der Waals surface area contributed by atoms with Gasteiger partial charge in [-0.15, -0.1) is 11.3 Å². The molecule has 1 saturated carbocycles. The van der Waals surface area contributed by atoms with Crippen LogP contribution < -0.4 is 0 Å². The normalized spacial score (nSPS) is 15.4. The van der Waals surface area contributed by atoms with E-state index in [1.54, 1.807) is 17.4 Å². The largest absolute Gasteiger partial charge is 0.507 e. The lowest BCUT2D eigenvalue weighted by Gasteiger charge is -2.24. The van der Waals surface area contributed by atoms with Gasteiger partial charge in [0.25, 0.3) is 0 Å². The lowest BCUT2D eigenvalue weighted by atomic mass is 9.85. The third kappa shape index (κ3) is 6.01. The van der Waals surface area contributed by atoms with Crippen molar-refractivity contribution in [1.82, 2.24) is 4.98 Å². The molecule has 0 spiro atoms. The van der Waals surface area contributed by atoms with Crippen LogP contribution in [0.15, 0.2) is 48.1 Å². The first-order valence-corrected chi connectivity index (χ1v) is 12.6. The fraction of sp³-hybridized carbons (Fsp3) is 0.407. The zero-order chi connectivity index (χ0) is 23.2. The summed E-state index contributed by atoms with van der Waals surface area (Å²) in [7, 11) is 0. The molecular formula is C27H31NO4S. The summed E-state index contributed by atoms with van der Waals surface area (Å²) in [6.45, 7) is 2.53. The van der Waals surface area contributed by atoms with E-state index >= 15 is 0 Å². The Morgan fingerprint density at radius 3 is 2.70 bits per heavy atom. The van der Waals surface area contributed by atoms with E-state index in [2.05, 4.69) is 11.1 Å². The van der Waals surface area contributed by atoms with E-state index in [0.29, 0.717) is 6.61 Å². The Kier molecular flexibility index (Phi) is 7.78. The van der Waals surface area contributed by atoms with Crippen molar-refractivity contribution in [3.8, 4) is 16.9 Å². The number of aromatic nitrogens is 1. The van der Waals surface area contributed by atoms with Gasteiger partial charge in [-0.2, -0.15) is 0 Å². The van der Waals surface area contributed by atoms with Gasteiger partial charge >= 0.3 is 5.97 Å². The molecule has 1 aromatic heterocycles. The summed E-state index contributed by atoms with van der Waals surface area (Å²) in [6, 6.07) is 10.8. The quantitative estimate of drug-likeness (QED) is 0.351. The second-order valence-electron chi connectivity index (χ2n) is 8.97. The number of carboxylic acids is 1. The molecule has 5 nitrogen and oxygen atoms in total. The molecule has 1 aliphatic carbocycles. The summed E-state index contributed by atoms with van der Waals surface area (Å²) in [6.07, 6.45) is 11.0. The van der Waals surface area contributed by atoms with Crippen molar-refractivity contribution in [2.24, 2.45) is 5.92 Å². The molecule has 1 unspecified atom stereocenters. The van der Waals surface area contributed by atoms with E-state index in [-0.39, 0.29) is 17.4 Å². The highest BCUT2D eigenvalue weighted by atomic mass is 32.1. The predicted octanol–water partition coefficient (Wildman–Crippen LogP) is 7.14. The van der Waals surface area contributed by atoms with Crippen molar-refractivity contribution in [3.63, 3.8) is 0 Å². The van der Waals surface area contributed by atoms with Crippen molar-refractivity contribution >= 4 is 17.3 Å². The highest BCUT2D eigenvalue weighted by Gasteiger charge is 2.19. The van der Waals surface area contributed by atoms with Crippen LogP contribution in [0, 0.1) is 12.8 Å². The van der Waals surface area contributed by atoms with Crippen LogP contribution in [-0.4, -0.2) is 21.2 Å². The van der Waals surface area contributed by atoms with Crippen LogP contribution >= 0.6 is 11.3 Å². The monoisotopic (exact) mass is 465 g/mol. The Hall–Kier alpha value is -2.70. The van der Waals surface area contributed by atoms with Crippen molar-refractivity contribution in [2.45, 2.75) is 64.6 Å². The Morgan fingerprint density at radius 1 is 1.18 bits per heavy atom. The number of aromatic carboxylic acids is 1. The molecule has 0 saturated heterocycles. The fourth-order valence-corrected chi connectivity index (χ4v) is 5.47. The van der Waals surface area contributed by atoms with Crippen LogP contribution in [0.2, 0.25) is 0 Å². The molecule has 4 rings (SSSR count). The number of thiazole rings is 1. The standard InChI is InChI=1S/C27H31NO4S/c1-18-13-20(7-10-22(18)21-9-11-24(29)23(14-21)27(30)31)16-32-25(26-15-28-17-33-26)12-8-19-5-3-2-4-6-19/h7,9-11,13-15,17,19,25,29H,2-6,8,12,16H2,1H3,(H,30,31). The van der Waals surface area contributed by atoms with Crippen LogP contribution in [0.4, 0.5) is 0 Å². The Bertz CT molecular complexity index is 1070. The van der Waals surface area contributed by atoms with Gasteiger partial charge in [-0.05, 0) is 60.1 Å². The molecule has 0 aliphatic heterocycles. The zero-order valence-corrected chi connectivity index (χ0v) is 19.8. The second kappa shape index (κ2) is 10.9. The van der Waals surface area contributed by atoms with Crippen LogP contribution in [0.5, 0.6) is 5.75 Å². The molecule has 6 heteroatoms. The summed E-state index contributed by atoms with van der Waals surface area (Å²) in [5.41, 5.74) is 5.61. The van der Waals surface area contributed by atoms with Crippen molar-refractivity contribution in [1.29, 1.82) is 0 Å². The number of phenols is 1. The lowest BCUT2D eigenvalue weighted by Crippen LogP contribution is -2.10. The highest BCUT2D eigenvalue weighted by molar-refractivity contribution is 7.09. The maximum atomic E-state index is 11.4. The topological polar surface area (TPSA) is 79.7 Å². The SMILES string of the molecule is Cc1cc(COC(CCC2CCCCC2)c2cncs2)ccc1-c1ccc(O)c(C(=O)O)c1. The van der Waals surface area contributed by atoms with Gasteiger partial charge in [0.1, 0.15) is 11.3 Å². The fourth-order valence-electron chi connectivity index (χ4n) is 4.77. The number of benzene rings is 2. The minimum absolute atomic E-state index is 0.0645. The molecule has 0 bridgehead atoms. The molecule has 2 aromatic carbocycles. The highest BCUT2D eigenvalue weighted by Crippen LogP contribution is 2.34. The first-order valence-electron chi connectivity index (χ1n) is 11.7. The van der Waals surface area contributed by atoms with Gasteiger partial charge in [-0.1, -0.05) is 56.4 Å². The molecule has 1 heterocycles. The van der Waals surface area contributed by atoms with Gasteiger partial charge in [-0.25, -0.2) is 4.79 Å². The smallest absolute Gasteiger partial charge is 0.339 e. The van der Waals surface area contributed by atoms with Crippen LogP contribution in [0.1, 0.15) is 77.4 Å². The Morgan fingerprint density at radius 2 is 2.00 bits per heavy atom. The van der Waals surface area contributed by atoms with E-state index in [0.717, 1.165) is 34.6 Å². The van der Waals surface area contributed by atoms with E-state index in [4.69, 9.17) is 4.74 Å². The predicted molar refractivity (Wildman–Crippen MR) is 131 cm³/mol. The van der Waals surface area contributed by atoms with E-state index in [9.17, 15) is 15.0 Å². The van der Waals surface area contributed by atoms with E-state index < -0.39 is 5.97 Å². The summed E-state index contributed by atoms with van der Waals surface area (Å²) < 4.78 is 6.39. The molecule has 0 amide bonds. The first-order chi connectivity index (χ1) is 16.0. The molecule has 3 aromatic rings. The number of rotatable bonds is 9. The number of carboxylic acid groups (broad SMARTS) is 1. The van der Waals surface area contributed by atoms with Crippen LogP contribution in [-0.2, 0) is 11.3 Å². The van der Waals surface area contributed by atoms with Gasteiger partial charge in [0.2, 0.25) is 0 Å². The summed E-state index contributed by atoms with van der Waals surface area (Å²) in [5.74, 6) is -0.545. The molecule has 1 atom stereocenters. The minimum atomic E-state index is -1.14. The maximum Gasteiger partial charge on any atom is 0.339 e. The van der Waals surface area contributed by atoms with Crippen LogP contribution in [0.3, 0.4) is 0 Å². The van der Waals surface area contributed by atoms with E-state index in [1.165, 1.54) is 55.5 Å². The molecular weight excluding hydrogens is 434 g/mol. The molecule has 0 radical (unpaired) electrons. The number of carbonyl (C=O) groups is 1. The van der Waals surface area contributed by atoms with Gasteiger partial charge in [0, 0.05) is 6.20 Å². The number of ether oxygens (including phenoxy) is 1. The van der Waals surface area contributed by atoms with Gasteiger partial charge in [-0.3, -0.25) is 4.98 Å². The molecule has 1 fully saturated rings. The van der Waals surface area contributed by atoms with E-state index in [1.807, 2.05) is 30.8 Å². The van der Waals surface area contributed by atoms with Gasteiger partial charge in [0.05, 0.1) is 23.1 Å². The average molecular weight is 466 g/mol. The van der Waals surface area contributed by atoms with Crippen molar-refractivity contribution in [3.05, 3.63) is 69.7 Å². The molecule has 1 aliphatic rings. The number of hydrogen-bond acceptors (Lipinski definition) is 5. The maximum absolute atomic E-state index is 11.4. The number of aromatic hydroxyl groups is 1. The summed E-state index contributed by atoms with van der Waals surface area (Å²) in [4.78, 5) is 16.8. The van der Waals surface area contributed by atoms with Gasteiger partial charge in [0.15, 0.2) is 0 Å². The molecule has 174 valence electrons.